The lowest BCUT2D eigenvalue weighted by Crippen LogP contribution is -2.33. The van der Waals surface area contributed by atoms with Gasteiger partial charge < -0.3 is 15.4 Å². The van der Waals surface area contributed by atoms with Crippen molar-refractivity contribution in [2.75, 3.05) is 18.9 Å². The van der Waals surface area contributed by atoms with Crippen molar-refractivity contribution in [2.45, 2.75) is 20.4 Å². The first-order valence-electron chi connectivity index (χ1n) is 9.60. The Hall–Kier alpha value is -3.34. The number of halogens is 1. The van der Waals surface area contributed by atoms with E-state index in [1.54, 1.807) is 30.9 Å². The number of fused-ring (bicyclic) bond motifs is 1. The summed E-state index contributed by atoms with van der Waals surface area (Å²) in [5.74, 6) is 0.259. The molecule has 29 heavy (non-hydrogen) atoms. The summed E-state index contributed by atoms with van der Waals surface area (Å²) in [5.41, 5.74) is 10.8. The van der Waals surface area contributed by atoms with E-state index in [-0.39, 0.29) is 11.7 Å². The fourth-order valence-electron chi connectivity index (χ4n) is 3.65. The van der Waals surface area contributed by atoms with E-state index in [0.29, 0.717) is 42.1 Å². The number of hydrogen-bond donors (Lipinski definition) is 1. The molecule has 1 aliphatic rings. The highest BCUT2D eigenvalue weighted by Crippen LogP contribution is 2.30. The van der Waals surface area contributed by atoms with Crippen LogP contribution in [0.1, 0.15) is 27.0 Å². The minimum absolute atomic E-state index is 0.185. The van der Waals surface area contributed by atoms with Crippen LogP contribution in [0.5, 0.6) is 5.75 Å². The van der Waals surface area contributed by atoms with Crippen LogP contribution in [-0.4, -0.2) is 24.0 Å². The molecule has 4 rings (SSSR count). The van der Waals surface area contributed by atoms with Gasteiger partial charge in [-0.15, -0.1) is 0 Å². The molecule has 0 fully saturated rings. The Kier molecular flexibility index (Phi) is 4.97. The van der Waals surface area contributed by atoms with Gasteiger partial charge >= 0.3 is 0 Å². The van der Waals surface area contributed by atoms with Crippen molar-refractivity contribution < 1.29 is 13.9 Å². The van der Waals surface area contributed by atoms with E-state index >= 15 is 0 Å². The Morgan fingerprint density at radius 1 is 1.03 bits per heavy atom. The van der Waals surface area contributed by atoms with Crippen LogP contribution in [-0.2, 0) is 6.54 Å². The molecule has 0 saturated heterocycles. The van der Waals surface area contributed by atoms with E-state index in [9.17, 15) is 9.18 Å². The largest absolute Gasteiger partial charge is 0.491 e. The number of rotatable bonds is 2. The molecule has 5 heteroatoms. The maximum atomic E-state index is 14.3. The van der Waals surface area contributed by atoms with Gasteiger partial charge in [-0.3, -0.25) is 4.79 Å². The van der Waals surface area contributed by atoms with Crippen LogP contribution in [0.3, 0.4) is 0 Å². The zero-order chi connectivity index (χ0) is 20.5. The molecule has 0 aromatic heterocycles. The van der Waals surface area contributed by atoms with Crippen LogP contribution in [0.2, 0.25) is 0 Å². The summed E-state index contributed by atoms with van der Waals surface area (Å²) in [6, 6.07) is 17.0. The predicted molar refractivity (Wildman–Crippen MR) is 112 cm³/mol. The minimum atomic E-state index is -0.326. The molecule has 1 amide bonds. The van der Waals surface area contributed by atoms with Gasteiger partial charge in [0, 0.05) is 23.4 Å². The van der Waals surface area contributed by atoms with Crippen LogP contribution >= 0.6 is 0 Å². The molecule has 0 bridgehead atoms. The molecule has 1 aliphatic heterocycles. The molecule has 148 valence electrons. The SMILES string of the molecule is Cc1ccc(C(=O)N2CCOc3ccc(-c4ccc(N)cc4)cc3C2)c(C)c1F. The minimum Gasteiger partial charge on any atom is -0.491 e. The van der Waals surface area contributed by atoms with Crippen molar-refractivity contribution in [3.8, 4) is 16.9 Å². The zero-order valence-corrected chi connectivity index (χ0v) is 16.5. The Balaban J connectivity index is 1.65. The summed E-state index contributed by atoms with van der Waals surface area (Å²) in [5, 5.41) is 0. The van der Waals surface area contributed by atoms with Crippen molar-refractivity contribution in [3.63, 3.8) is 0 Å². The first kappa shape index (κ1) is 19.0. The Morgan fingerprint density at radius 3 is 2.52 bits per heavy atom. The molecule has 2 N–H and O–H groups in total. The van der Waals surface area contributed by atoms with Crippen LogP contribution in [0, 0.1) is 19.7 Å². The zero-order valence-electron chi connectivity index (χ0n) is 16.5. The molecule has 0 unspecified atom stereocenters. The maximum absolute atomic E-state index is 14.3. The summed E-state index contributed by atoms with van der Waals surface area (Å²) in [6.45, 7) is 4.60. The van der Waals surface area contributed by atoms with Crippen molar-refractivity contribution in [3.05, 3.63) is 82.7 Å². The van der Waals surface area contributed by atoms with Gasteiger partial charge in [0.15, 0.2) is 0 Å². The van der Waals surface area contributed by atoms with Gasteiger partial charge in [0.25, 0.3) is 5.91 Å². The van der Waals surface area contributed by atoms with Crippen LogP contribution < -0.4 is 10.5 Å². The number of nitrogens with two attached hydrogens (primary N) is 1. The molecule has 3 aromatic rings. The number of ether oxygens (including phenoxy) is 1. The highest BCUT2D eigenvalue weighted by Gasteiger charge is 2.24. The van der Waals surface area contributed by atoms with E-state index in [1.165, 1.54) is 0 Å². The first-order valence-corrected chi connectivity index (χ1v) is 9.60. The van der Waals surface area contributed by atoms with Gasteiger partial charge in [0.1, 0.15) is 18.2 Å². The van der Waals surface area contributed by atoms with E-state index in [1.807, 2.05) is 42.5 Å². The second-order valence-corrected chi connectivity index (χ2v) is 7.39. The lowest BCUT2D eigenvalue weighted by molar-refractivity contribution is 0.0732. The lowest BCUT2D eigenvalue weighted by Gasteiger charge is -2.21. The number of nitrogens with zero attached hydrogens (tertiary/aromatic N) is 1. The summed E-state index contributed by atoms with van der Waals surface area (Å²) in [6.07, 6.45) is 0. The van der Waals surface area contributed by atoms with Crippen molar-refractivity contribution >= 4 is 11.6 Å². The molecular weight excluding hydrogens is 367 g/mol. The second kappa shape index (κ2) is 7.59. The quantitative estimate of drug-likeness (QED) is 0.644. The van der Waals surface area contributed by atoms with E-state index in [4.69, 9.17) is 10.5 Å². The molecule has 1 heterocycles. The van der Waals surface area contributed by atoms with Crippen molar-refractivity contribution in [1.82, 2.24) is 4.90 Å². The van der Waals surface area contributed by atoms with Gasteiger partial charge in [-0.2, -0.15) is 0 Å². The number of benzene rings is 3. The topological polar surface area (TPSA) is 55.6 Å². The smallest absolute Gasteiger partial charge is 0.254 e. The van der Waals surface area contributed by atoms with E-state index in [2.05, 4.69) is 0 Å². The summed E-state index contributed by atoms with van der Waals surface area (Å²) >= 11 is 0. The Morgan fingerprint density at radius 2 is 1.76 bits per heavy atom. The van der Waals surface area contributed by atoms with Gasteiger partial charge in [-0.25, -0.2) is 4.39 Å². The number of carbonyl (C=O) groups is 1. The van der Waals surface area contributed by atoms with Crippen molar-refractivity contribution in [1.29, 1.82) is 0 Å². The third-order valence-electron chi connectivity index (χ3n) is 5.38. The number of carbonyl (C=O) groups excluding carboxylic acids is 1. The summed E-state index contributed by atoms with van der Waals surface area (Å²) < 4.78 is 20.2. The van der Waals surface area contributed by atoms with Gasteiger partial charge in [-0.05, 0) is 66.4 Å². The highest BCUT2D eigenvalue weighted by atomic mass is 19.1. The van der Waals surface area contributed by atoms with Gasteiger partial charge in [0.2, 0.25) is 0 Å². The third-order valence-corrected chi connectivity index (χ3v) is 5.38. The van der Waals surface area contributed by atoms with E-state index in [0.717, 1.165) is 22.4 Å². The molecule has 0 spiro atoms. The molecule has 4 nitrogen and oxygen atoms in total. The average Bonchev–Trinajstić information content (AvgIpc) is 2.94. The lowest BCUT2D eigenvalue weighted by atomic mass is 10.0. The molecule has 3 aromatic carbocycles. The van der Waals surface area contributed by atoms with Gasteiger partial charge in [0.05, 0.1) is 6.54 Å². The summed E-state index contributed by atoms with van der Waals surface area (Å²) in [4.78, 5) is 14.8. The molecular formula is C24H23FN2O2. The average molecular weight is 390 g/mol. The molecule has 0 aliphatic carbocycles. The van der Waals surface area contributed by atoms with E-state index < -0.39 is 0 Å². The first-order chi connectivity index (χ1) is 13.9. The maximum Gasteiger partial charge on any atom is 0.254 e. The molecule has 0 saturated carbocycles. The third kappa shape index (κ3) is 3.68. The summed E-state index contributed by atoms with van der Waals surface area (Å²) in [7, 11) is 0. The number of amides is 1. The number of nitrogen functional groups attached to an aromatic ring is 1. The monoisotopic (exact) mass is 390 g/mol. The van der Waals surface area contributed by atoms with Crippen LogP contribution in [0.25, 0.3) is 11.1 Å². The number of anilines is 1. The fraction of sp³-hybridized carbons (Fsp3) is 0.208. The fourth-order valence-corrected chi connectivity index (χ4v) is 3.65. The standard InChI is InChI=1S/C24H23FN2O2/c1-15-3-9-21(16(2)23(15)25)24(28)27-11-12-29-22-10-6-18(13-19(22)14-27)17-4-7-20(26)8-5-17/h3-10,13H,11-12,14,26H2,1-2H3. The number of aryl methyl sites for hydroxylation is 1. The Bertz CT molecular complexity index is 1080. The van der Waals surface area contributed by atoms with Crippen LogP contribution in [0.4, 0.5) is 10.1 Å². The van der Waals surface area contributed by atoms with Crippen molar-refractivity contribution in [2.24, 2.45) is 0 Å². The predicted octanol–water partition coefficient (Wildman–Crippen LogP) is 4.73. The highest BCUT2D eigenvalue weighted by molar-refractivity contribution is 5.96. The normalized spacial score (nSPS) is 13.4. The number of hydrogen-bond acceptors (Lipinski definition) is 3. The molecule has 0 atom stereocenters. The van der Waals surface area contributed by atoms with Gasteiger partial charge in [-0.1, -0.05) is 24.3 Å². The molecule has 0 radical (unpaired) electrons. The second-order valence-electron chi connectivity index (χ2n) is 7.39. The Labute approximate surface area is 169 Å². The van der Waals surface area contributed by atoms with Crippen LogP contribution in [0.15, 0.2) is 54.6 Å².